The summed E-state index contributed by atoms with van der Waals surface area (Å²) < 4.78 is 28.4. The molecule has 1 aliphatic heterocycles. The van der Waals surface area contributed by atoms with E-state index in [1.807, 2.05) is 0 Å². The first kappa shape index (κ1) is 12.3. The third kappa shape index (κ3) is 2.74. The van der Waals surface area contributed by atoms with E-state index in [0.29, 0.717) is 19.0 Å². The Labute approximate surface area is 97.6 Å². The second-order valence-corrected chi connectivity index (χ2v) is 6.68. The highest BCUT2D eigenvalue weighted by molar-refractivity contribution is 7.87. The zero-order valence-corrected chi connectivity index (χ0v) is 10.5. The lowest BCUT2D eigenvalue weighted by Crippen LogP contribution is -2.53. The van der Waals surface area contributed by atoms with Crippen LogP contribution in [0.1, 0.15) is 32.6 Å². The van der Waals surface area contributed by atoms with Gasteiger partial charge in [0.15, 0.2) is 0 Å². The summed E-state index contributed by atoms with van der Waals surface area (Å²) in [5.41, 5.74) is 5.67. The molecule has 0 aromatic heterocycles. The van der Waals surface area contributed by atoms with Gasteiger partial charge in [0.05, 0.1) is 0 Å². The summed E-state index contributed by atoms with van der Waals surface area (Å²) in [7, 11) is -3.30. The van der Waals surface area contributed by atoms with Crippen LogP contribution in [0.2, 0.25) is 0 Å². The quantitative estimate of drug-likeness (QED) is 0.736. The molecule has 2 aliphatic rings. The van der Waals surface area contributed by atoms with Gasteiger partial charge in [-0.05, 0) is 31.6 Å². The standard InChI is InChI=1S/C10H21N3O2S/c1-8-4-5-13(10(6-8)7-11)16(14,15)12-9-2-3-9/h8-10,12H,2-7,11H2,1H3. The number of hydrogen-bond donors (Lipinski definition) is 2. The molecule has 2 atom stereocenters. The fourth-order valence-corrected chi connectivity index (χ4v) is 3.94. The van der Waals surface area contributed by atoms with Gasteiger partial charge in [-0.2, -0.15) is 17.4 Å². The fourth-order valence-electron chi connectivity index (χ4n) is 2.24. The minimum absolute atomic E-state index is 0.0278. The maximum absolute atomic E-state index is 12.1. The van der Waals surface area contributed by atoms with Crippen molar-refractivity contribution in [3.05, 3.63) is 0 Å². The van der Waals surface area contributed by atoms with Crippen LogP contribution in [-0.2, 0) is 10.2 Å². The maximum atomic E-state index is 12.1. The first-order valence-corrected chi connectivity index (χ1v) is 7.46. The molecule has 2 rings (SSSR count). The lowest BCUT2D eigenvalue weighted by atomic mass is 9.94. The van der Waals surface area contributed by atoms with Crippen LogP contribution in [0.15, 0.2) is 0 Å². The molecule has 2 unspecified atom stereocenters. The van der Waals surface area contributed by atoms with Crippen LogP contribution < -0.4 is 10.5 Å². The van der Waals surface area contributed by atoms with E-state index < -0.39 is 10.2 Å². The molecule has 6 heteroatoms. The predicted molar refractivity (Wildman–Crippen MR) is 63.0 cm³/mol. The topological polar surface area (TPSA) is 75.4 Å². The Morgan fingerprint density at radius 2 is 2.06 bits per heavy atom. The summed E-state index contributed by atoms with van der Waals surface area (Å²) >= 11 is 0. The highest BCUT2D eigenvalue weighted by Gasteiger charge is 2.37. The van der Waals surface area contributed by atoms with Gasteiger partial charge in [0.25, 0.3) is 10.2 Å². The third-order valence-corrected chi connectivity index (χ3v) is 5.13. The van der Waals surface area contributed by atoms with Crippen LogP contribution in [0.5, 0.6) is 0 Å². The fraction of sp³-hybridized carbons (Fsp3) is 1.00. The highest BCUT2D eigenvalue weighted by atomic mass is 32.2. The van der Waals surface area contributed by atoms with E-state index in [1.54, 1.807) is 4.31 Å². The van der Waals surface area contributed by atoms with Crippen molar-refractivity contribution in [3.8, 4) is 0 Å². The van der Waals surface area contributed by atoms with Crippen LogP contribution in [0.3, 0.4) is 0 Å². The van der Waals surface area contributed by atoms with E-state index in [0.717, 1.165) is 25.7 Å². The molecule has 0 amide bonds. The van der Waals surface area contributed by atoms with E-state index in [9.17, 15) is 8.42 Å². The summed E-state index contributed by atoms with van der Waals surface area (Å²) in [6.45, 7) is 3.17. The Kier molecular flexibility index (Phi) is 3.53. The number of hydrogen-bond acceptors (Lipinski definition) is 3. The minimum atomic E-state index is -3.30. The number of nitrogens with one attached hydrogen (secondary N) is 1. The Bertz CT molecular complexity index is 340. The number of piperidine rings is 1. The van der Waals surface area contributed by atoms with E-state index in [-0.39, 0.29) is 12.1 Å². The van der Waals surface area contributed by atoms with Crippen molar-refractivity contribution in [1.29, 1.82) is 0 Å². The van der Waals surface area contributed by atoms with Gasteiger partial charge in [0.1, 0.15) is 0 Å². The molecule has 1 aliphatic carbocycles. The molecular formula is C10H21N3O2S. The summed E-state index contributed by atoms with van der Waals surface area (Å²) in [6, 6.07) is 0.141. The van der Waals surface area contributed by atoms with E-state index >= 15 is 0 Å². The summed E-state index contributed by atoms with van der Waals surface area (Å²) in [6.07, 6.45) is 3.75. The van der Waals surface area contributed by atoms with E-state index in [2.05, 4.69) is 11.6 Å². The molecule has 94 valence electrons. The van der Waals surface area contributed by atoms with Crippen molar-refractivity contribution in [3.63, 3.8) is 0 Å². The van der Waals surface area contributed by atoms with Crippen molar-refractivity contribution in [2.45, 2.75) is 44.7 Å². The normalized spacial score (nSPS) is 32.9. The average Bonchev–Trinajstić information content (AvgIpc) is 3.00. The SMILES string of the molecule is CC1CCN(S(=O)(=O)NC2CC2)C(CN)C1. The molecule has 1 saturated carbocycles. The van der Waals surface area contributed by atoms with Crippen LogP contribution in [-0.4, -0.2) is 37.9 Å². The molecule has 0 spiro atoms. The Balaban J connectivity index is 2.05. The molecule has 3 N–H and O–H groups in total. The Hall–Kier alpha value is -0.170. The van der Waals surface area contributed by atoms with Crippen LogP contribution in [0.4, 0.5) is 0 Å². The zero-order chi connectivity index (χ0) is 11.8. The highest BCUT2D eigenvalue weighted by Crippen LogP contribution is 2.26. The number of rotatable bonds is 4. The molecule has 16 heavy (non-hydrogen) atoms. The van der Waals surface area contributed by atoms with Crippen molar-refractivity contribution >= 4 is 10.2 Å². The summed E-state index contributed by atoms with van der Waals surface area (Å²) in [5, 5.41) is 0. The molecule has 0 radical (unpaired) electrons. The van der Waals surface area contributed by atoms with Crippen LogP contribution in [0, 0.1) is 5.92 Å². The van der Waals surface area contributed by atoms with E-state index in [1.165, 1.54) is 0 Å². The minimum Gasteiger partial charge on any atom is -0.329 e. The molecule has 0 aromatic rings. The second-order valence-electron chi connectivity index (χ2n) is 5.03. The molecule has 0 bridgehead atoms. The van der Waals surface area contributed by atoms with Crippen LogP contribution in [0.25, 0.3) is 0 Å². The van der Waals surface area contributed by atoms with Gasteiger partial charge in [-0.25, -0.2) is 0 Å². The lowest BCUT2D eigenvalue weighted by Gasteiger charge is -2.36. The van der Waals surface area contributed by atoms with Crippen molar-refractivity contribution in [2.24, 2.45) is 11.7 Å². The summed E-state index contributed by atoms with van der Waals surface area (Å²) in [4.78, 5) is 0. The molecule has 2 fully saturated rings. The van der Waals surface area contributed by atoms with Crippen LogP contribution >= 0.6 is 0 Å². The smallest absolute Gasteiger partial charge is 0.279 e. The predicted octanol–water partition coefficient (Wildman–Crippen LogP) is 0.0424. The van der Waals surface area contributed by atoms with Gasteiger partial charge in [-0.1, -0.05) is 6.92 Å². The molecule has 1 heterocycles. The van der Waals surface area contributed by atoms with Gasteiger partial charge in [-0.3, -0.25) is 0 Å². The van der Waals surface area contributed by atoms with Gasteiger partial charge in [-0.15, -0.1) is 0 Å². The van der Waals surface area contributed by atoms with Gasteiger partial charge < -0.3 is 5.73 Å². The Morgan fingerprint density at radius 3 is 2.62 bits per heavy atom. The van der Waals surface area contributed by atoms with Gasteiger partial charge >= 0.3 is 0 Å². The molecule has 5 nitrogen and oxygen atoms in total. The van der Waals surface area contributed by atoms with Crippen molar-refractivity contribution < 1.29 is 8.42 Å². The van der Waals surface area contributed by atoms with Gasteiger partial charge in [0.2, 0.25) is 0 Å². The summed E-state index contributed by atoms with van der Waals surface area (Å²) in [5.74, 6) is 0.570. The monoisotopic (exact) mass is 247 g/mol. The third-order valence-electron chi connectivity index (χ3n) is 3.40. The second kappa shape index (κ2) is 4.60. The molecule has 0 aromatic carbocycles. The van der Waals surface area contributed by atoms with E-state index in [4.69, 9.17) is 5.73 Å². The molecule has 1 saturated heterocycles. The Morgan fingerprint density at radius 1 is 1.38 bits per heavy atom. The maximum Gasteiger partial charge on any atom is 0.279 e. The molecular weight excluding hydrogens is 226 g/mol. The first-order chi connectivity index (χ1) is 7.53. The largest absolute Gasteiger partial charge is 0.329 e. The van der Waals surface area contributed by atoms with Crippen molar-refractivity contribution in [1.82, 2.24) is 9.03 Å². The first-order valence-electron chi connectivity index (χ1n) is 6.02. The average molecular weight is 247 g/mol. The number of nitrogens with zero attached hydrogens (tertiary/aromatic N) is 1. The lowest BCUT2D eigenvalue weighted by molar-refractivity contribution is 0.209. The van der Waals surface area contributed by atoms with Crippen molar-refractivity contribution in [2.75, 3.05) is 13.1 Å². The zero-order valence-electron chi connectivity index (χ0n) is 9.72. The number of nitrogens with two attached hydrogens (primary N) is 1. The van der Waals surface area contributed by atoms with Gasteiger partial charge in [0, 0.05) is 25.2 Å².